The van der Waals surface area contributed by atoms with Gasteiger partial charge in [-0.05, 0) is 0 Å². The van der Waals surface area contributed by atoms with E-state index in [0.717, 1.165) is 6.08 Å². The summed E-state index contributed by atoms with van der Waals surface area (Å²) in [7, 11) is -3.83. The van der Waals surface area contributed by atoms with Crippen LogP contribution in [0.3, 0.4) is 0 Å². The molecule has 0 amide bonds. The van der Waals surface area contributed by atoms with Crippen LogP contribution >= 0.6 is 0 Å². The molecule has 0 unspecified atom stereocenters. The third-order valence-corrected chi connectivity index (χ3v) is 1.30. The summed E-state index contributed by atoms with van der Waals surface area (Å²) in [5, 5.41) is 0. The van der Waals surface area contributed by atoms with Gasteiger partial charge in [-0.2, -0.15) is 0 Å². The molecule has 0 fully saturated rings. The third-order valence-electron chi connectivity index (χ3n) is 0.434. The fourth-order valence-electron chi connectivity index (χ4n) is 0.177. The van der Waals surface area contributed by atoms with Crippen LogP contribution in [0.1, 0.15) is 0 Å². The number of hydrogen-bond acceptors (Lipinski definition) is 2. The molecule has 8 heavy (non-hydrogen) atoms. The molecule has 0 aromatic rings. The molecule has 0 saturated heterocycles. The van der Waals surface area contributed by atoms with Crippen molar-refractivity contribution in [3.8, 4) is 0 Å². The van der Waals surface area contributed by atoms with E-state index in [0.29, 0.717) is 0 Å². The van der Waals surface area contributed by atoms with E-state index < -0.39 is 15.8 Å². The van der Waals surface area contributed by atoms with Crippen molar-refractivity contribution in [2.45, 2.75) is 0 Å². The molecule has 5 heteroatoms. The Morgan fingerprint density at radius 1 is 1.75 bits per heavy atom. The molecule has 0 saturated carbocycles. The number of halogens is 1. The van der Waals surface area contributed by atoms with Gasteiger partial charge in [0.15, 0.2) is 0 Å². The second kappa shape index (κ2) is 2.78. The predicted octanol–water partition coefficient (Wildman–Crippen LogP) is -0.00890. The van der Waals surface area contributed by atoms with Gasteiger partial charge in [-0.25, -0.2) is 8.42 Å². The first kappa shape index (κ1) is 7.58. The number of nitrogens with zero attached hydrogens (tertiary/aromatic N) is 1. The smallest absolute Gasteiger partial charge is 0.208 e. The Hall–Kier alpha value is -0.420. The van der Waals surface area contributed by atoms with Crippen LogP contribution in [0.4, 0.5) is 4.48 Å². The molecule has 0 atom stereocenters. The van der Waals surface area contributed by atoms with Crippen molar-refractivity contribution in [1.29, 1.82) is 0 Å². The molecule has 0 aliphatic carbocycles. The van der Waals surface area contributed by atoms with E-state index in [1.807, 2.05) is 0 Å². The molecular weight excluding hydrogens is 133 g/mol. The van der Waals surface area contributed by atoms with Crippen molar-refractivity contribution >= 4 is 10.0 Å². The van der Waals surface area contributed by atoms with E-state index in [1.165, 1.54) is 0 Å². The standard InChI is InChI=1S/C3H5FNO2S/c1-2-3-8(6,7)5-4/h2H,1,3H2. The van der Waals surface area contributed by atoms with Crippen LogP contribution in [0.25, 0.3) is 0 Å². The fourth-order valence-corrected chi connectivity index (χ4v) is 0.531. The van der Waals surface area contributed by atoms with E-state index in [4.69, 9.17) is 0 Å². The average molecular weight is 138 g/mol. The number of sulfonamides is 1. The lowest BCUT2D eigenvalue weighted by atomic mass is 10.8. The monoisotopic (exact) mass is 138 g/mol. The highest BCUT2D eigenvalue weighted by Crippen LogP contribution is 1.84. The second-order valence-electron chi connectivity index (χ2n) is 1.11. The van der Waals surface area contributed by atoms with Crippen molar-refractivity contribution in [2.75, 3.05) is 5.75 Å². The van der Waals surface area contributed by atoms with Gasteiger partial charge < -0.3 is 0 Å². The van der Waals surface area contributed by atoms with Gasteiger partial charge in [0.25, 0.3) is 10.0 Å². The fraction of sp³-hybridized carbons (Fsp3) is 0.333. The van der Waals surface area contributed by atoms with Gasteiger partial charge in [-0.15, -0.1) is 6.58 Å². The first-order valence-corrected chi connectivity index (χ1v) is 3.40. The lowest BCUT2D eigenvalue weighted by molar-refractivity contribution is 0.416. The summed E-state index contributed by atoms with van der Waals surface area (Å²) >= 11 is 0. The molecule has 0 N–H and O–H groups in total. The van der Waals surface area contributed by atoms with Gasteiger partial charge in [-0.1, -0.05) is 10.6 Å². The van der Waals surface area contributed by atoms with E-state index in [1.54, 1.807) is 4.94 Å². The van der Waals surface area contributed by atoms with E-state index in [-0.39, 0.29) is 0 Å². The number of rotatable bonds is 3. The van der Waals surface area contributed by atoms with E-state index in [9.17, 15) is 12.9 Å². The van der Waals surface area contributed by atoms with Gasteiger partial charge >= 0.3 is 0 Å². The Balaban J connectivity index is 3.94. The summed E-state index contributed by atoms with van der Waals surface area (Å²) < 4.78 is 30.9. The number of hydrogen-bond donors (Lipinski definition) is 0. The molecule has 0 aliphatic heterocycles. The van der Waals surface area contributed by atoms with Gasteiger partial charge in [-0.3, -0.25) is 0 Å². The van der Waals surface area contributed by atoms with Crippen LogP contribution in [-0.2, 0) is 10.0 Å². The van der Waals surface area contributed by atoms with Crippen LogP contribution in [0.15, 0.2) is 12.7 Å². The summed E-state index contributed by atoms with van der Waals surface area (Å²) in [4.78, 5) is 1.61. The van der Waals surface area contributed by atoms with Gasteiger partial charge in [0.1, 0.15) is 0 Å². The zero-order valence-electron chi connectivity index (χ0n) is 4.04. The molecule has 47 valence electrons. The molecular formula is C3H5FNO2S. The van der Waals surface area contributed by atoms with Gasteiger partial charge in [0.2, 0.25) is 0 Å². The molecule has 1 radical (unpaired) electrons. The lowest BCUT2D eigenvalue weighted by Crippen LogP contribution is -2.10. The maximum absolute atomic E-state index is 10.9. The van der Waals surface area contributed by atoms with Crippen LogP contribution in [0.5, 0.6) is 0 Å². The van der Waals surface area contributed by atoms with Crippen LogP contribution < -0.4 is 4.94 Å². The normalized spacial score (nSPS) is 11.1. The first-order chi connectivity index (χ1) is 3.62. The molecule has 0 aromatic carbocycles. The van der Waals surface area contributed by atoms with E-state index >= 15 is 0 Å². The Morgan fingerprint density at radius 2 is 2.25 bits per heavy atom. The summed E-state index contributed by atoms with van der Waals surface area (Å²) in [6, 6.07) is 0. The summed E-state index contributed by atoms with van der Waals surface area (Å²) in [5.41, 5.74) is 0. The maximum atomic E-state index is 10.9. The Kier molecular flexibility index (Phi) is 2.64. The Morgan fingerprint density at radius 3 is 2.38 bits per heavy atom. The Labute approximate surface area is 47.2 Å². The minimum Gasteiger partial charge on any atom is -0.208 e. The van der Waals surface area contributed by atoms with Gasteiger partial charge in [0, 0.05) is 0 Å². The topological polar surface area (TPSA) is 48.2 Å². The molecule has 0 spiro atoms. The summed E-state index contributed by atoms with van der Waals surface area (Å²) in [5.74, 6) is -0.441. The zero-order chi connectivity index (χ0) is 6.62. The highest BCUT2D eigenvalue weighted by atomic mass is 32.2. The minimum absolute atomic E-state index is 0.441. The lowest BCUT2D eigenvalue weighted by Gasteiger charge is -1.86. The van der Waals surface area contributed by atoms with Crippen LogP contribution in [-0.4, -0.2) is 14.2 Å². The molecule has 3 nitrogen and oxygen atoms in total. The highest BCUT2D eigenvalue weighted by molar-refractivity contribution is 7.89. The predicted molar refractivity (Wildman–Crippen MR) is 27.2 cm³/mol. The van der Waals surface area contributed by atoms with Crippen molar-refractivity contribution in [3.63, 3.8) is 0 Å². The van der Waals surface area contributed by atoms with Crippen molar-refractivity contribution in [3.05, 3.63) is 12.7 Å². The second-order valence-corrected chi connectivity index (χ2v) is 2.74. The molecule has 0 aromatic heterocycles. The highest BCUT2D eigenvalue weighted by Gasteiger charge is 2.06. The van der Waals surface area contributed by atoms with E-state index in [2.05, 4.69) is 6.58 Å². The van der Waals surface area contributed by atoms with Crippen molar-refractivity contribution in [2.24, 2.45) is 0 Å². The molecule has 0 aliphatic rings. The molecule has 0 heterocycles. The van der Waals surface area contributed by atoms with Crippen molar-refractivity contribution < 1.29 is 12.9 Å². The third kappa shape index (κ3) is 2.70. The largest absolute Gasteiger partial charge is 0.260 e. The Bertz CT molecular complexity index is 162. The molecule has 0 rings (SSSR count). The SMILES string of the molecule is C=CCS(=O)(=O)[N]F. The first-order valence-electron chi connectivity index (χ1n) is 1.79. The van der Waals surface area contributed by atoms with Crippen molar-refractivity contribution in [1.82, 2.24) is 4.94 Å². The average Bonchev–Trinajstić information content (AvgIpc) is 1.67. The molecule has 0 bridgehead atoms. The minimum atomic E-state index is -3.83. The summed E-state index contributed by atoms with van der Waals surface area (Å²) in [6.45, 7) is 3.09. The van der Waals surface area contributed by atoms with Crippen LogP contribution in [0.2, 0.25) is 0 Å². The zero-order valence-corrected chi connectivity index (χ0v) is 4.86. The summed E-state index contributed by atoms with van der Waals surface area (Å²) in [6.07, 6.45) is 1.07. The van der Waals surface area contributed by atoms with Crippen LogP contribution in [0, 0.1) is 0 Å². The van der Waals surface area contributed by atoms with Gasteiger partial charge in [0.05, 0.1) is 10.7 Å². The maximum Gasteiger partial charge on any atom is 0.260 e. The quantitative estimate of drug-likeness (QED) is 0.515.